The van der Waals surface area contributed by atoms with Crippen LogP contribution in [0.5, 0.6) is 0 Å². The number of methoxy groups -OCH3 is 2. The van der Waals surface area contributed by atoms with Gasteiger partial charge in [-0.1, -0.05) is 88.2 Å². The molecule has 5 heteroatoms. The second kappa shape index (κ2) is 18.2. The molecule has 2 atom stereocenters. The van der Waals surface area contributed by atoms with Crippen molar-refractivity contribution in [1.29, 1.82) is 0 Å². The summed E-state index contributed by atoms with van der Waals surface area (Å²) in [5.41, 5.74) is 0. The topological polar surface area (TPSA) is 54.0 Å². The lowest BCUT2D eigenvalue weighted by molar-refractivity contribution is -0.428. The van der Waals surface area contributed by atoms with Gasteiger partial charge in [-0.15, -0.1) is 0 Å². The van der Waals surface area contributed by atoms with Gasteiger partial charge in [0.25, 0.3) is 0 Å². The van der Waals surface area contributed by atoms with E-state index in [1.54, 1.807) is 7.11 Å². The van der Waals surface area contributed by atoms with Crippen molar-refractivity contribution in [3.8, 4) is 0 Å². The monoisotopic (exact) mass is 436 g/mol. The SMILES string of the molecule is C/C=C/C=C/CCCCCCCCCCCCC[C@]1(OC)C=C[C@@H](CC(=O)OC)OO1. The van der Waals surface area contributed by atoms with Gasteiger partial charge in [0.1, 0.15) is 6.10 Å². The van der Waals surface area contributed by atoms with Crippen LogP contribution >= 0.6 is 0 Å². The van der Waals surface area contributed by atoms with Crippen LogP contribution in [0.4, 0.5) is 0 Å². The minimum absolute atomic E-state index is 0.140. The number of unbranched alkanes of at least 4 members (excludes halogenated alkanes) is 11. The summed E-state index contributed by atoms with van der Waals surface area (Å²) in [6, 6.07) is 0. The van der Waals surface area contributed by atoms with Crippen molar-refractivity contribution in [3.05, 3.63) is 36.5 Å². The first-order chi connectivity index (χ1) is 15.2. The van der Waals surface area contributed by atoms with Crippen molar-refractivity contribution >= 4 is 5.97 Å². The number of rotatable bonds is 18. The fraction of sp³-hybridized carbons (Fsp3) is 0.731. The van der Waals surface area contributed by atoms with Gasteiger partial charge in [0.05, 0.1) is 13.5 Å². The molecular formula is C26H44O5. The molecule has 1 aliphatic rings. The number of hydrogen-bond donors (Lipinski definition) is 0. The van der Waals surface area contributed by atoms with E-state index in [0.717, 1.165) is 19.3 Å². The van der Waals surface area contributed by atoms with Crippen molar-refractivity contribution in [1.82, 2.24) is 0 Å². The van der Waals surface area contributed by atoms with Crippen LogP contribution in [-0.2, 0) is 24.0 Å². The number of allylic oxidation sites excluding steroid dienone is 4. The van der Waals surface area contributed by atoms with Crippen molar-refractivity contribution < 1.29 is 24.0 Å². The zero-order valence-corrected chi connectivity index (χ0v) is 20.0. The maximum Gasteiger partial charge on any atom is 0.308 e. The van der Waals surface area contributed by atoms with Gasteiger partial charge in [0.15, 0.2) is 0 Å². The third kappa shape index (κ3) is 13.6. The number of hydrogen-bond acceptors (Lipinski definition) is 5. The van der Waals surface area contributed by atoms with E-state index >= 15 is 0 Å². The Labute approximate surface area is 189 Å². The van der Waals surface area contributed by atoms with E-state index in [1.807, 2.05) is 19.1 Å². The summed E-state index contributed by atoms with van der Waals surface area (Å²) < 4.78 is 10.2. The van der Waals surface area contributed by atoms with E-state index in [0.29, 0.717) is 0 Å². The summed E-state index contributed by atoms with van der Waals surface area (Å²) >= 11 is 0. The molecule has 1 aliphatic heterocycles. The molecule has 0 aromatic carbocycles. The highest BCUT2D eigenvalue weighted by atomic mass is 17.2. The molecule has 0 fully saturated rings. The minimum atomic E-state index is -0.838. The summed E-state index contributed by atoms with van der Waals surface area (Å²) in [6.07, 6.45) is 28.1. The lowest BCUT2D eigenvalue weighted by Crippen LogP contribution is -2.38. The molecule has 0 N–H and O–H groups in total. The van der Waals surface area contributed by atoms with E-state index in [1.165, 1.54) is 71.3 Å². The normalized spacial score (nSPS) is 21.3. The van der Waals surface area contributed by atoms with Gasteiger partial charge < -0.3 is 9.47 Å². The van der Waals surface area contributed by atoms with Gasteiger partial charge >= 0.3 is 5.97 Å². The second-order valence-electron chi connectivity index (χ2n) is 8.26. The molecule has 0 radical (unpaired) electrons. The zero-order chi connectivity index (χ0) is 22.6. The third-order valence-electron chi connectivity index (χ3n) is 5.65. The standard InChI is InChI=1S/C26H44O5/c1-4-5-6-7-8-9-10-11-12-13-14-15-16-17-18-19-21-26(29-3)22-20-24(30-31-26)23-25(27)28-2/h4-7,20,22,24H,8-19,21,23H2,1-3H3/b5-4+,7-6+/t24-,26+/m0/s1. The van der Waals surface area contributed by atoms with Gasteiger partial charge in [-0.05, 0) is 32.3 Å². The van der Waals surface area contributed by atoms with Crippen molar-refractivity contribution in [2.45, 2.75) is 109 Å². The van der Waals surface area contributed by atoms with Crippen molar-refractivity contribution in [2.75, 3.05) is 14.2 Å². The van der Waals surface area contributed by atoms with E-state index in [-0.39, 0.29) is 12.4 Å². The maximum atomic E-state index is 11.3. The fourth-order valence-electron chi connectivity index (χ4n) is 3.65. The highest BCUT2D eigenvalue weighted by Gasteiger charge is 2.34. The number of carbonyl (C=O) groups is 1. The highest BCUT2D eigenvalue weighted by molar-refractivity contribution is 5.70. The minimum Gasteiger partial charge on any atom is -0.469 e. The Morgan fingerprint density at radius 3 is 2.06 bits per heavy atom. The molecule has 0 bridgehead atoms. The number of carbonyl (C=O) groups excluding carboxylic acids is 1. The van der Waals surface area contributed by atoms with Crippen molar-refractivity contribution in [3.63, 3.8) is 0 Å². The van der Waals surface area contributed by atoms with E-state index in [4.69, 9.17) is 14.5 Å². The first-order valence-corrected chi connectivity index (χ1v) is 12.1. The van der Waals surface area contributed by atoms with Crippen LogP contribution in [0, 0.1) is 0 Å². The Balaban J connectivity index is 1.97. The average Bonchev–Trinajstić information content (AvgIpc) is 2.80. The molecule has 0 spiro atoms. The van der Waals surface area contributed by atoms with Crippen LogP contribution in [-0.4, -0.2) is 32.1 Å². The smallest absolute Gasteiger partial charge is 0.308 e. The Morgan fingerprint density at radius 2 is 1.55 bits per heavy atom. The Bertz CT molecular complexity index is 540. The molecule has 0 aliphatic carbocycles. The molecule has 1 rings (SSSR count). The predicted octanol–water partition coefficient (Wildman–Crippen LogP) is 6.98. The Kier molecular flexibility index (Phi) is 16.2. The maximum absolute atomic E-state index is 11.3. The van der Waals surface area contributed by atoms with Crippen LogP contribution in [0.1, 0.15) is 96.8 Å². The fourth-order valence-corrected chi connectivity index (χ4v) is 3.65. The Morgan fingerprint density at radius 1 is 0.935 bits per heavy atom. The molecule has 0 aromatic rings. The molecule has 0 unspecified atom stereocenters. The quantitative estimate of drug-likeness (QED) is 0.0762. The van der Waals surface area contributed by atoms with E-state index in [2.05, 4.69) is 29.0 Å². The van der Waals surface area contributed by atoms with Crippen molar-refractivity contribution in [2.24, 2.45) is 0 Å². The molecule has 0 saturated heterocycles. The van der Waals surface area contributed by atoms with Gasteiger partial charge in [-0.3, -0.25) is 4.79 Å². The summed E-state index contributed by atoms with van der Waals surface area (Å²) in [7, 11) is 2.98. The molecule has 5 nitrogen and oxygen atoms in total. The van der Waals surface area contributed by atoms with Gasteiger partial charge in [-0.25, -0.2) is 4.89 Å². The molecule has 31 heavy (non-hydrogen) atoms. The van der Waals surface area contributed by atoms with Crippen LogP contribution < -0.4 is 0 Å². The van der Waals surface area contributed by atoms with Gasteiger partial charge in [0, 0.05) is 13.5 Å². The average molecular weight is 437 g/mol. The van der Waals surface area contributed by atoms with Crippen LogP contribution in [0.25, 0.3) is 0 Å². The predicted molar refractivity (Wildman–Crippen MR) is 125 cm³/mol. The molecule has 0 aromatic heterocycles. The summed E-state index contributed by atoms with van der Waals surface area (Å²) in [5.74, 6) is -1.16. The van der Waals surface area contributed by atoms with Crippen LogP contribution in [0.3, 0.4) is 0 Å². The lowest BCUT2D eigenvalue weighted by Gasteiger charge is -2.32. The molecular weight excluding hydrogens is 392 g/mol. The largest absolute Gasteiger partial charge is 0.469 e. The lowest BCUT2D eigenvalue weighted by atomic mass is 10.0. The second-order valence-corrected chi connectivity index (χ2v) is 8.26. The zero-order valence-electron chi connectivity index (χ0n) is 20.0. The summed E-state index contributed by atoms with van der Waals surface area (Å²) in [6.45, 7) is 2.05. The van der Waals surface area contributed by atoms with Crippen LogP contribution in [0.2, 0.25) is 0 Å². The summed E-state index contributed by atoms with van der Waals surface area (Å²) in [5, 5.41) is 0. The van der Waals surface area contributed by atoms with Crippen LogP contribution in [0.15, 0.2) is 36.5 Å². The number of ether oxygens (including phenoxy) is 2. The molecule has 0 amide bonds. The first-order valence-electron chi connectivity index (χ1n) is 12.1. The molecule has 0 saturated carbocycles. The van der Waals surface area contributed by atoms with E-state index in [9.17, 15) is 4.79 Å². The molecule has 178 valence electrons. The Hall–Kier alpha value is -1.43. The van der Waals surface area contributed by atoms with Gasteiger partial charge in [-0.2, -0.15) is 4.89 Å². The first kappa shape index (κ1) is 27.6. The van der Waals surface area contributed by atoms with E-state index < -0.39 is 11.9 Å². The number of esters is 1. The van der Waals surface area contributed by atoms with Gasteiger partial charge in [0.2, 0.25) is 5.79 Å². The molecule has 1 heterocycles. The summed E-state index contributed by atoms with van der Waals surface area (Å²) in [4.78, 5) is 22.1. The third-order valence-corrected chi connectivity index (χ3v) is 5.65. The highest BCUT2D eigenvalue weighted by Crippen LogP contribution is 2.28.